The van der Waals surface area contributed by atoms with Gasteiger partial charge in [-0.2, -0.15) is 8.78 Å². The van der Waals surface area contributed by atoms with Crippen molar-refractivity contribution in [2.45, 2.75) is 10.8 Å². The Morgan fingerprint density at radius 1 is 1.17 bits per heavy atom. The second kappa shape index (κ2) is 8.42. The molecule has 0 aliphatic heterocycles. The molecule has 0 N–H and O–H groups in total. The Labute approximate surface area is 134 Å². The van der Waals surface area contributed by atoms with E-state index in [9.17, 15) is 18.0 Å². The zero-order valence-corrected chi connectivity index (χ0v) is 12.6. The summed E-state index contributed by atoms with van der Waals surface area (Å²) in [5, 5.41) is -0.109. The number of carbonyl (C=O) groups excluding carboxylic acids is 1. The average molecular weight is 343 g/mol. The topological polar surface area (TPSA) is 48.4 Å². The van der Waals surface area contributed by atoms with Crippen LogP contribution >= 0.6 is 11.8 Å². The Morgan fingerprint density at radius 2 is 1.96 bits per heavy atom. The Balaban J connectivity index is 1.87. The number of carbonyl (C=O) groups is 1. The third-order valence-electron chi connectivity index (χ3n) is 2.60. The number of hydrogen-bond acceptors (Lipinski definition) is 5. The van der Waals surface area contributed by atoms with E-state index in [0.717, 1.165) is 0 Å². The lowest BCUT2D eigenvalue weighted by Gasteiger charge is -2.09. The molecule has 4 nitrogen and oxygen atoms in total. The first-order valence-electron chi connectivity index (χ1n) is 6.52. The van der Waals surface area contributed by atoms with E-state index < -0.39 is 17.5 Å². The van der Waals surface area contributed by atoms with Gasteiger partial charge in [-0.1, -0.05) is 12.1 Å². The molecule has 1 aromatic heterocycles. The van der Waals surface area contributed by atoms with Crippen LogP contribution in [0.5, 0.6) is 5.75 Å². The van der Waals surface area contributed by atoms with E-state index in [1.54, 1.807) is 6.07 Å². The van der Waals surface area contributed by atoms with E-state index in [0.29, 0.717) is 0 Å². The van der Waals surface area contributed by atoms with Gasteiger partial charge in [0.1, 0.15) is 18.2 Å². The highest BCUT2D eigenvalue weighted by atomic mass is 32.2. The van der Waals surface area contributed by atoms with Crippen molar-refractivity contribution in [1.29, 1.82) is 0 Å². The van der Waals surface area contributed by atoms with Crippen LogP contribution in [0.4, 0.5) is 13.2 Å². The van der Waals surface area contributed by atoms with E-state index in [1.807, 2.05) is 0 Å². The number of ether oxygens (including phenoxy) is 2. The van der Waals surface area contributed by atoms with Gasteiger partial charge in [0.15, 0.2) is 11.6 Å². The van der Waals surface area contributed by atoms with Crippen molar-refractivity contribution in [3.63, 3.8) is 0 Å². The highest BCUT2D eigenvalue weighted by Gasteiger charge is 2.17. The SMILES string of the molecule is O=C(OCCOc1ccccc1F)c1cccnc1SC(F)F. The zero-order valence-electron chi connectivity index (χ0n) is 11.7. The molecule has 0 amide bonds. The Hall–Kier alpha value is -2.22. The summed E-state index contributed by atoms with van der Waals surface area (Å²) >= 11 is 0.165. The van der Waals surface area contributed by atoms with Gasteiger partial charge in [-0.25, -0.2) is 14.2 Å². The molecule has 0 atom stereocenters. The van der Waals surface area contributed by atoms with Crippen molar-refractivity contribution in [2.24, 2.45) is 0 Å². The Kier molecular flexibility index (Phi) is 6.28. The van der Waals surface area contributed by atoms with Gasteiger partial charge in [-0.05, 0) is 36.0 Å². The predicted molar refractivity (Wildman–Crippen MR) is 78.3 cm³/mol. The molecule has 0 saturated heterocycles. The summed E-state index contributed by atoms with van der Waals surface area (Å²) in [6.45, 7) is -0.217. The normalized spacial score (nSPS) is 10.6. The monoisotopic (exact) mass is 343 g/mol. The van der Waals surface area contributed by atoms with Gasteiger partial charge >= 0.3 is 5.97 Å². The largest absolute Gasteiger partial charge is 0.487 e. The predicted octanol–water partition coefficient (Wildman–Crippen LogP) is 3.77. The fourth-order valence-electron chi connectivity index (χ4n) is 1.65. The molecule has 0 bridgehead atoms. The average Bonchev–Trinajstić information content (AvgIpc) is 2.53. The number of halogens is 3. The first-order valence-corrected chi connectivity index (χ1v) is 7.40. The molecule has 0 unspecified atom stereocenters. The lowest BCUT2D eigenvalue weighted by molar-refractivity contribution is 0.0443. The molecule has 0 saturated carbocycles. The van der Waals surface area contributed by atoms with E-state index in [-0.39, 0.29) is 41.3 Å². The zero-order chi connectivity index (χ0) is 16.7. The van der Waals surface area contributed by atoms with Crippen molar-refractivity contribution in [3.05, 3.63) is 54.0 Å². The molecule has 2 aromatic rings. The fraction of sp³-hybridized carbons (Fsp3) is 0.200. The minimum absolute atomic E-state index is 0.0406. The number of thioether (sulfide) groups is 1. The third kappa shape index (κ3) is 5.17. The van der Waals surface area contributed by atoms with Gasteiger partial charge in [-0.15, -0.1) is 0 Å². The molecular formula is C15H12F3NO3S. The van der Waals surface area contributed by atoms with Crippen LogP contribution in [-0.2, 0) is 4.74 Å². The molecule has 1 heterocycles. The van der Waals surface area contributed by atoms with Crippen molar-refractivity contribution >= 4 is 17.7 Å². The summed E-state index contributed by atoms with van der Waals surface area (Å²) in [4.78, 5) is 15.6. The van der Waals surface area contributed by atoms with Gasteiger partial charge in [-0.3, -0.25) is 0 Å². The number of nitrogens with zero attached hydrogens (tertiary/aromatic N) is 1. The van der Waals surface area contributed by atoms with Crippen LogP contribution in [0, 0.1) is 5.82 Å². The summed E-state index contributed by atoms with van der Waals surface area (Å²) < 4.78 is 48.2. The minimum Gasteiger partial charge on any atom is -0.487 e. The summed E-state index contributed by atoms with van der Waals surface area (Å²) in [6.07, 6.45) is 1.31. The molecule has 2 rings (SSSR count). The maximum absolute atomic E-state index is 13.3. The first kappa shape index (κ1) is 17.1. The molecule has 8 heteroatoms. The van der Waals surface area contributed by atoms with Gasteiger partial charge in [0, 0.05) is 6.20 Å². The molecule has 0 aliphatic rings. The summed E-state index contributed by atoms with van der Waals surface area (Å²) in [5.41, 5.74) is -0.0521. The molecule has 1 aromatic carbocycles. The molecule has 0 radical (unpaired) electrons. The van der Waals surface area contributed by atoms with Crippen LogP contribution in [-0.4, -0.2) is 29.9 Å². The maximum Gasteiger partial charge on any atom is 0.341 e. The van der Waals surface area contributed by atoms with E-state index in [2.05, 4.69) is 4.98 Å². The molecular weight excluding hydrogens is 331 g/mol. The number of pyridine rings is 1. The first-order chi connectivity index (χ1) is 11.1. The second-order valence-corrected chi connectivity index (χ2v) is 5.13. The number of benzene rings is 1. The number of hydrogen-bond donors (Lipinski definition) is 0. The maximum atomic E-state index is 13.3. The third-order valence-corrected chi connectivity index (χ3v) is 3.33. The summed E-state index contributed by atoms with van der Waals surface area (Å²) in [7, 11) is 0. The van der Waals surface area contributed by atoms with Crippen LogP contribution in [0.1, 0.15) is 10.4 Å². The summed E-state index contributed by atoms with van der Waals surface area (Å²) in [6, 6.07) is 8.60. The van der Waals surface area contributed by atoms with Crippen molar-refractivity contribution in [1.82, 2.24) is 4.98 Å². The number of alkyl halides is 2. The smallest absolute Gasteiger partial charge is 0.341 e. The number of esters is 1. The lowest BCUT2D eigenvalue weighted by atomic mass is 10.3. The Morgan fingerprint density at radius 3 is 2.70 bits per heavy atom. The van der Waals surface area contributed by atoms with Crippen molar-refractivity contribution < 1.29 is 27.4 Å². The highest BCUT2D eigenvalue weighted by Crippen LogP contribution is 2.26. The molecule has 0 aliphatic carbocycles. The molecule has 0 spiro atoms. The van der Waals surface area contributed by atoms with Crippen LogP contribution in [0.15, 0.2) is 47.6 Å². The number of para-hydroxylation sites is 1. The molecule has 0 fully saturated rings. The van der Waals surface area contributed by atoms with E-state index in [4.69, 9.17) is 9.47 Å². The molecule has 23 heavy (non-hydrogen) atoms. The lowest BCUT2D eigenvalue weighted by Crippen LogP contribution is -2.14. The number of rotatable bonds is 7. The van der Waals surface area contributed by atoms with Crippen LogP contribution < -0.4 is 4.74 Å². The van der Waals surface area contributed by atoms with Gasteiger partial charge in [0.2, 0.25) is 0 Å². The van der Waals surface area contributed by atoms with Crippen LogP contribution in [0.25, 0.3) is 0 Å². The van der Waals surface area contributed by atoms with Crippen LogP contribution in [0.2, 0.25) is 0 Å². The van der Waals surface area contributed by atoms with Gasteiger partial charge in [0.25, 0.3) is 5.76 Å². The number of aromatic nitrogens is 1. The fourth-order valence-corrected chi connectivity index (χ4v) is 2.22. The quantitative estimate of drug-likeness (QED) is 0.435. The molecule has 122 valence electrons. The van der Waals surface area contributed by atoms with E-state index in [1.165, 1.54) is 36.5 Å². The van der Waals surface area contributed by atoms with Crippen LogP contribution in [0.3, 0.4) is 0 Å². The van der Waals surface area contributed by atoms with Gasteiger partial charge in [0.05, 0.1) is 5.56 Å². The van der Waals surface area contributed by atoms with Gasteiger partial charge < -0.3 is 9.47 Å². The van der Waals surface area contributed by atoms with Crippen molar-refractivity contribution in [2.75, 3.05) is 13.2 Å². The minimum atomic E-state index is -2.69. The second-order valence-electron chi connectivity index (χ2n) is 4.15. The van der Waals surface area contributed by atoms with Crippen molar-refractivity contribution in [3.8, 4) is 5.75 Å². The standard InChI is InChI=1S/C15H12F3NO3S/c16-11-5-1-2-6-12(11)21-8-9-22-14(20)10-4-3-7-19-13(10)23-15(17)18/h1-7,15H,8-9H2. The highest BCUT2D eigenvalue weighted by molar-refractivity contribution is 7.99. The van der Waals surface area contributed by atoms with E-state index >= 15 is 0 Å². The summed E-state index contributed by atoms with van der Waals surface area (Å²) in [5.74, 6) is -3.97. The Bertz CT molecular complexity index is 670.